The smallest absolute Gasteiger partial charge is 0.410 e. The zero-order valence-electron chi connectivity index (χ0n) is 12.8. The minimum atomic E-state index is -0.446. The Hall–Kier alpha value is -1.85. The molecule has 114 valence electrons. The Balaban J connectivity index is 1.66. The predicted molar refractivity (Wildman–Crippen MR) is 81.5 cm³/mol. The molecule has 21 heavy (non-hydrogen) atoms. The van der Waals surface area contributed by atoms with Crippen molar-refractivity contribution in [3.05, 3.63) is 11.4 Å². The number of nitrogens with one attached hydrogen (secondary N) is 1. The molecule has 1 saturated heterocycles. The Morgan fingerprint density at radius 3 is 2.76 bits per heavy atom. The highest BCUT2D eigenvalue weighted by Crippen LogP contribution is 2.41. The highest BCUT2D eigenvalue weighted by molar-refractivity contribution is 5.90. The molecule has 3 heterocycles. The summed E-state index contributed by atoms with van der Waals surface area (Å²) in [4.78, 5) is 22.6. The molecule has 0 atom stereocenters. The summed E-state index contributed by atoms with van der Waals surface area (Å²) in [6.45, 7) is 7.67. The number of carbonyl (C=O) groups excluding carboxylic acids is 1. The minimum absolute atomic E-state index is 0.0553. The number of hydrogen-bond donors (Lipinski definition) is 1. The molecule has 3 aliphatic heterocycles. The second-order valence-electron chi connectivity index (χ2n) is 6.79. The van der Waals surface area contributed by atoms with Crippen LogP contribution in [-0.2, 0) is 4.74 Å². The second-order valence-corrected chi connectivity index (χ2v) is 6.79. The molecule has 6 heteroatoms. The lowest BCUT2D eigenvalue weighted by molar-refractivity contribution is 0.0174. The lowest BCUT2D eigenvalue weighted by atomic mass is 9.77. The molecular formula is C15H22N4O2. The third-order valence-corrected chi connectivity index (χ3v) is 4.07. The summed E-state index contributed by atoms with van der Waals surface area (Å²) in [6, 6.07) is 0. The summed E-state index contributed by atoms with van der Waals surface area (Å²) in [5.74, 6) is 0. The minimum Gasteiger partial charge on any atom is -0.444 e. The van der Waals surface area contributed by atoms with Gasteiger partial charge in [-0.2, -0.15) is 0 Å². The average molecular weight is 290 g/mol. The number of ether oxygens (including phenoxy) is 1. The van der Waals surface area contributed by atoms with Gasteiger partial charge in [0.05, 0.1) is 17.3 Å². The van der Waals surface area contributed by atoms with E-state index in [9.17, 15) is 4.79 Å². The number of fused-ring (bicyclic) bond motifs is 1. The van der Waals surface area contributed by atoms with Crippen molar-refractivity contribution in [2.24, 2.45) is 15.4 Å². The van der Waals surface area contributed by atoms with E-state index in [4.69, 9.17) is 4.74 Å². The highest BCUT2D eigenvalue weighted by atomic mass is 16.6. The van der Waals surface area contributed by atoms with Gasteiger partial charge < -0.3 is 15.0 Å². The third-order valence-electron chi connectivity index (χ3n) is 4.07. The zero-order chi connectivity index (χ0) is 15.1. The molecule has 0 aromatic rings. The highest BCUT2D eigenvalue weighted by Gasteiger charge is 2.43. The van der Waals surface area contributed by atoms with Gasteiger partial charge in [-0.25, -0.2) is 4.79 Å². The molecule has 6 nitrogen and oxygen atoms in total. The maximum absolute atomic E-state index is 12.1. The van der Waals surface area contributed by atoms with Gasteiger partial charge >= 0.3 is 6.09 Å². The molecule has 0 unspecified atom stereocenters. The van der Waals surface area contributed by atoms with Crippen molar-refractivity contribution in [2.45, 2.75) is 39.2 Å². The first-order valence-corrected chi connectivity index (χ1v) is 7.41. The fourth-order valence-electron chi connectivity index (χ4n) is 2.99. The van der Waals surface area contributed by atoms with Gasteiger partial charge in [-0.1, -0.05) is 0 Å². The number of hydrogen-bond acceptors (Lipinski definition) is 5. The van der Waals surface area contributed by atoms with Crippen LogP contribution in [0.3, 0.4) is 0 Å². The Morgan fingerprint density at radius 2 is 2.10 bits per heavy atom. The Labute approximate surface area is 125 Å². The Morgan fingerprint density at radius 1 is 1.38 bits per heavy atom. The van der Waals surface area contributed by atoms with Crippen molar-refractivity contribution < 1.29 is 9.53 Å². The van der Waals surface area contributed by atoms with E-state index in [2.05, 4.69) is 15.3 Å². The van der Waals surface area contributed by atoms with Crippen LogP contribution in [0.25, 0.3) is 0 Å². The number of aliphatic imine (C=N–C) groups is 2. The number of amides is 1. The lowest BCUT2D eigenvalue weighted by Gasteiger charge is -2.40. The van der Waals surface area contributed by atoms with E-state index in [1.54, 1.807) is 4.90 Å². The number of rotatable bonds is 0. The maximum Gasteiger partial charge on any atom is 0.410 e. The second kappa shape index (κ2) is 4.86. The summed E-state index contributed by atoms with van der Waals surface area (Å²) >= 11 is 0. The zero-order valence-corrected chi connectivity index (χ0v) is 12.8. The van der Waals surface area contributed by atoms with Crippen LogP contribution in [-0.4, -0.2) is 48.8 Å². The fourth-order valence-corrected chi connectivity index (χ4v) is 2.99. The number of nitrogens with zero attached hydrogens (tertiary/aromatic N) is 3. The first kappa shape index (κ1) is 14.1. The molecule has 3 rings (SSSR count). The van der Waals surface area contributed by atoms with E-state index in [1.165, 1.54) is 5.70 Å². The van der Waals surface area contributed by atoms with Gasteiger partial charge in [0, 0.05) is 19.3 Å². The maximum atomic E-state index is 12.1. The molecule has 0 radical (unpaired) electrons. The van der Waals surface area contributed by atoms with Crippen LogP contribution in [0.5, 0.6) is 0 Å². The van der Waals surface area contributed by atoms with E-state index in [-0.39, 0.29) is 11.5 Å². The van der Waals surface area contributed by atoms with Crippen molar-refractivity contribution in [1.82, 2.24) is 10.2 Å². The van der Waals surface area contributed by atoms with Crippen molar-refractivity contribution in [1.29, 1.82) is 0 Å². The summed E-state index contributed by atoms with van der Waals surface area (Å²) < 4.78 is 5.44. The largest absolute Gasteiger partial charge is 0.444 e. The van der Waals surface area contributed by atoms with Gasteiger partial charge in [0.25, 0.3) is 0 Å². The topological polar surface area (TPSA) is 66.3 Å². The average Bonchev–Trinajstić information content (AvgIpc) is 2.77. The van der Waals surface area contributed by atoms with Gasteiger partial charge in [-0.15, -0.1) is 0 Å². The summed E-state index contributed by atoms with van der Waals surface area (Å²) in [7, 11) is 0. The van der Waals surface area contributed by atoms with Crippen molar-refractivity contribution >= 4 is 18.5 Å². The van der Waals surface area contributed by atoms with Crippen LogP contribution in [0.1, 0.15) is 33.6 Å². The number of likely N-dealkylation sites (tertiary alicyclic amines) is 1. The first-order chi connectivity index (χ1) is 9.90. The molecule has 3 aliphatic rings. The molecule has 0 aliphatic carbocycles. The molecule has 1 fully saturated rings. The van der Waals surface area contributed by atoms with E-state index in [0.29, 0.717) is 19.8 Å². The molecule has 0 aromatic heterocycles. The van der Waals surface area contributed by atoms with Crippen LogP contribution < -0.4 is 5.32 Å². The van der Waals surface area contributed by atoms with Crippen LogP contribution in [0.2, 0.25) is 0 Å². The predicted octanol–water partition coefficient (Wildman–Crippen LogP) is 1.93. The van der Waals surface area contributed by atoms with E-state index in [1.807, 2.05) is 33.2 Å². The van der Waals surface area contributed by atoms with Crippen LogP contribution >= 0.6 is 0 Å². The molecule has 0 aromatic carbocycles. The van der Waals surface area contributed by atoms with Gasteiger partial charge in [0.2, 0.25) is 0 Å². The summed E-state index contributed by atoms with van der Waals surface area (Å²) in [6.07, 6.45) is 5.37. The fraction of sp³-hybridized carbons (Fsp3) is 0.667. The lowest BCUT2D eigenvalue weighted by Crippen LogP contribution is -2.47. The van der Waals surface area contributed by atoms with Gasteiger partial charge in [0.1, 0.15) is 18.0 Å². The molecule has 1 spiro atoms. The molecular weight excluding hydrogens is 268 g/mol. The number of carbonyl (C=O) groups is 1. The van der Waals surface area contributed by atoms with Crippen molar-refractivity contribution in [3.63, 3.8) is 0 Å². The molecule has 0 saturated carbocycles. The van der Waals surface area contributed by atoms with E-state index in [0.717, 1.165) is 18.5 Å². The first-order valence-electron chi connectivity index (χ1n) is 7.41. The van der Waals surface area contributed by atoms with E-state index < -0.39 is 5.60 Å². The number of allylic oxidation sites excluding steroid dienone is 2. The van der Waals surface area contributed by atoms with Crippen LogP contribution in [0.4, 0.5) is 4.79 Å². The Kier molecular flexibility index (Phi) is 3.26. The van der Waals surface area contributed by atoms with E-state index >= 15 is 0 Å². The van der Waals surface area contributed by atoms with Crippen LogP contribution in [0.15, 0.2) is 21.4 Å². The number of piperidine rings is 1. The van der Waals surface area contributed by atoms with Gasteiger partial charge in [-0.3, -0.25) is 9.98 Å². The standard InChI is InChI=1S/C15H22N4O2/c1-14(2,3)21-13(20)19-6-4-15(5-7-19)9-17-11-8-16-10-18-12(11)15/h8-9,18H,4-7,10H2,1-3H3. The summed E-state index contributed by atoms with van der Waals surface area (Å²) in [5.41, 5.74) is 1.60. The molecule has 1 N–H and O–H groups in total. The monoisotopic (exact) mass is 290 g/mol. The normalized spacial score (nSPS) is 23.3. The molecule has 0 bridgehead atoms. The van der Waals surface area contributed by atoms with Gasteiger partial charge in [0.15, 0.2) is 0 Å². The molecule has 1 amide bonds. The SMILES string of the molecule is CC(C)(C)OC(=O)N1CCC2(C=NC3=C2NCN=C3)CC1. The third kappa shape index (κ3) is 2.66. The van der Waals surface area contributed by atoms with Crippen LogP contribution in [0, 0.1) is 5.41 Å². The van der Waals surface area contributed by atoms with Gasteiger partial charge in [-0.05, 0) is 33.6 Å². The van der Waals surface area contributed by atoms with Crippen molar-refractivity contribution in [2.75, 3.05) is 19.8 Å². The van der Waals surface area contributed by atoms with Crippen molar-refractivity contribution in [3.8, 4) is 0 Å². The Bertz CT molecular complexity index is 534. The quantitative estimate of drug-likeness (QED) is 0.741. The summed E-state index contributed by atoms with van der Waals surface area (Å²) in [5, 5.41) is 3.35.